The van der Waals surface area contributed by atoms with Gasteiger partial charge in [-0.1, -0.05) is 31.2 Å². The number of nitrogens with one attached hydrogen (secondary N) is 2. The lowest BCUT2D eigenvalue weighted by Crippen LogP contribution is -2.36. The highest BCUT2D eigenvalue weighted by Gasteiger charge is 2.20. The highest BCUT2D eigenvalue weighted by atomic mass is 32.2. The summed E-state index contributed by atoms with van der Waals surface area (Å²) in [5.41, 5.74) is 0.602. The van der Waals surface area contributed by atoms with Gasteiger partial charge in [0, 0.05) is 12.0 Å². The first-order chi connectivity index (χ1) is 13.3. The maximum atomic E-state index is 12.3. The maximum absolute atomic E-state index is 12.3. The molecule has 10 nitrogen and oxygen atoms in total. The zero-order valence-electron chi connectivity index (χ0n) is 15.6. The van der Waals surface area contributed by atoms with Gasteiger partial charge in [0.25, 0.3) is 0 Å². The van der Waals surface area contributed by atoms with Crippen LogP contribution in [-0.4, -0.2) is 44.4 Å². The lowest BCUT2D eigenvalue weighted by atomic mass is 10.0. The largest absolute Gasteiger partial charge is 0.481 e. The second-order valence-electron chi connectivity index (χ2n) is 5.53. The van der Waals surface area contributed by atoms with Crippen molar-refractivity contribution >= 4 is 27.8 Å². The first-order valence-electron chi connectivity index (χ1n) is 8.17. The number of Topliss-reactive ketones (excluding diaryl/α,β-unsaturated/α-hetero) is 1. The molecule has 0 radical (unpaired) electrons. The number of ether oxygens (including phenoxy) is 2. The molecule has 1 aromatic carbocycles. The minimum absolute atomic E-state index is 0.122. The quantitative estimate of drug-likeness (QED) is 0.630. The van der Waals surface area contributed by atoms with E-state index in [0.717, 1.165) is 0 Å². The summed E-state index contributed by atoms with van der Waals surface area (Å²) in [6.07, 6.45) is 0.236. The van der Waals surface area contributed by atoms with Gasteiger partial charge in [0.2, 0.25) is 27.7 Å². The maximum Gasteiger partial charge on any atom is 0.335 e. The zero-order chi connectivity index (χ0) is 20.7. The van der Waals surface area contributed by atoms with E-state index in [-0.39, 0.29) is 29.9 Å². The number of urea groups is 1. The summed E-state index contributed by atoms with van der Waals surface area (Å²) in [6, 6.07) is 6.67. The minimum Gasteiger partial charge on any atom is -0.481 e. The summed E-state index contributed by atoms with van der Waals surface area (Å²) in [7, 11) is -1.35. The third kappa shape index (κ3) is 5.64. The molecule has 0 atom stereocenters. The standard InChI is InChI=1S/C17H20N4O6S/c1-4-13(22)12-8-6-5-7-11(12)10-28(24,25)21-17(23)20-16-18-14(26-2)9-15(19-16)27-3/h5-9H,4,10H2,1-3H3,(H2,18,19,20,21,23). The molecule has 28 heavy (non-hydrogen) atoms. The number of nitrogens with zero attached hydrogens (tertiary/aromatic N) is 2. The first-order valence-corrected chi connectivity index (χ1v) is 9.82. The molecule has 11 heteroatoms. The fourth-order valence-corrected chi connectivity index (χ4v) is 3.35. The van der Waals surface area contributed by atoms with Crippen LogP contribution in [0.4, 0.5) is 10.7 Å². The minimum atomic E-state index is -4.08. The van der Waals surface area contributed by atoms with Crippen LogP contribution in [0, 0.1) is 0 Å². The van der Waals surface area contributed by atoms with E-state index in [1.54, 1.807) is 25.1 Å². The molecular weight excluding hydrogens is 388 g/mol. The molecule has 0 unspecified atom stereocenters. The Bertz CT molecular complexity index is 955. The van der Waals surface area contributed by atoms with Gasteiger partial charge >= 0.3 is 6.03 Å². The number of hydrogen-bond acceptors (Lipinski definition) is 8. The lowest BCUT2D eigenvalue weighted by Gasteiger charge is -2.11. The number of carbonyl (C=O) groups is 2. The van der Waals surface area contributed by atoms with Crippen LogP contribution in [-0.2, 0) is 15.8 Å². The molecule has 2 aromatic rings. The number of benzene rings is 1. The Labute approximate surface area is 162 Å². The van der Waals surface area contributed by atoms with E-state index in [2.05, 4.69) is 15.3 Å². The summed E-state index contributed by atoms with van der Waals surface area (Å²) in [5, 5.41) is 2.20. The summed E-state index contributed by atoms with van der Waals surface area (Å²) in [5.74, 6) is -0.684. The monoisotopic (exact) mass is 408 g/mol. The van der Waals surface area contributed by atoms with Crippen molar-refractivity contribution in [2.24, 2.45) is 0 Å². The highest BCUT2D eigenvalue weighted by molar-refractivity contribution is 7.89. The van der Waals surface area contributed by atoms with Crippen LogP contribution >= 0.6 is 0 Å². The molecule has 0 saturated heterocycles. The Morgan fingerprint density at radius 3 is 2.25 bits per heavy atom. The van der Waals surface area contributed by atoms with E-state index >= 15 is 0 Å². The van der Waals surface area contributed by atoms with Gasteiger partial charge in [0.15, 0.2) is 5.78 Å². The van der Waals surface area contributed by atoms with E-state index in [1.807, 2.05) is 4.72 Å². The molecule has 1 aromatic heterocycles. The van der Waals surface area contributed by atoms with Gasteiger partial charge in [0.05, 0.1) is 26.0 Å². The highest BCUT2D eigenvalue weighted by Crippen LogP contribution is 2.17. The number of amides is 2. The molecule has 0 spiro atoms. The zero-order valence-corrected chi connectivity index (χ0v) is 16.4. The molecule has 0 aliphatic carbocycles. The summed E-state index contributed by atoms with van der Waals surface area (Å²) in [4.78, 5) is 31.8. The number of methoxy groups -OCH3 is 2. The molecule has 150 valence electrons. The summed E-state index contributed by atoms with van der Waals surface area (Å²) in [6.45, 7) is 1.68. The predicted octanol–water partition coefficient (Wildman–Crippen LogP) is 1.74. The van der Waals surface area contributed by atoms with Crippen molar-refractivity contribution in [3.8, 4) is 11.8 Å². The molecule has 2 rings (SSSR count). The van der Waals surface area contributed by atoms with E-state index in [4.69, 9.17) is 9.47 Å². The fourth-order valence-electron chi connectivity index (χ4n) is 2.29. The lowest BCUT2D eigenvalue weighted by molar-refractivity contribution is 0.0987. The van der Waals surface area contributed by atoms with Crippen LogP contribution in [0.2, 0.25) is 0 Å². The van der Waals surface area contributed by atoms with Crippen molar-refractivity contribution in [3.05, 3.63) is 41.5 Å². The van der Waals surface area contributed by atoms with Crippen molar-refractivity contribution in [2.75, 3.05) is 19.5 Å². The van der Waals surface area contributed by atoms with Crippen molar-refractivity contribution in [3.63, 3.8) is 0 Å². The molecule has 0 bridgehead atoms. The average Bonchev–Trinajstić information content (AvgIpc) is 2.66. The van der Waals surface area contributed by atoms with E-state index < -0.39 is 21.8 Å². The van der Waals surface area contributed by atoms with E-state index in [1.165, 1.54) is 26.4 Å². The van der Waals surface area contributed by atoms with Crippen LogP contribution in [0.3, 0.4) is 0 Å². The van der Waals surface area contributed by atoms with Crippen molar-refractivity contribution in [2.45, 2.75) is 19.1 Å². The third-order valence-corrected chi connectivity index (χ3v) is 4.74. The Kier molecular flexibility index (Phi) is 6.88. The topological polar surface area (TPSA) is 137 Å². The van der Waals surface area contributed by atoms with Gasteiger partial charge in [-0.2, -0.15) is 9.97 Å². The predicted molar refractivity (Wildman–Crippen MR) is 101 cm³/mol. The number of anilines is 1. The molecule has 0 fully saturated rings. The number of hydrogen-bond donors (Lipinski definition) is 2. The number of ketones is 1. The molecule has 2 N–H and O–H groups in total. The van der Waals surface area contributed by atoms with Gasteiger partial charge < -0.3 is 9.47 Å². The van der Waals surface area contributed by atoms with Gasteiger partial charge in [0.1, 0.15) is 0 Å². The molecule has 0 saturated carbocycles. The molecule has 0 aliphatic rings. The second-order valence-corrected chi connectivity index (χ2v) is 7.25. The second kappa shape index (κ2) is 9.13. The summed E-state index contributed by atoms with van der Waals surface area (Å²) < 4.78 is 36.4. The van der Waals surface area contributed by atoms with Crippen molar-refractivity contribution < 1.29 is 27.5 Å². The van der Waals surface area contributed by atoms with Gasteiger partial charge in [-0.3, -0.25) is 10.1 Å². The van der Waals surface area contributed by atoms with Gasteiger partial charge in [-0.15, -0.1) is 0 Å². The van der Waals surface area contributed by atoms with Crippen LogP contribution in [0.5, 0.6) is 11.8 Å². The summed E-state index contributed by atoms with van der Waals surface area (Å²) >= 11 is 0. The molecule has 2 amide bonds. The molecular formula is C17H20N4O6S. The first kappa shape index (κ1) is 21.1. The number of carbonyl (C=O) groups excluding carboxylic acids is 2. The number of rotatable bonds is 8. The van der Waals surface area contributed by atoms with Crippen LogP contribution < -0.4 is 19.5 Å². The van der Waals surface area contributed by atoms with Crippen LogP contribution in [0.1, 0.15) is 29.3 Å². The van der Waals surface area contributed by atoms with E-state index in [0.29, 0.717) is 11.1 Å². The van der Waals surface area contributed by atoms with Crippen LogP contribution in [0.15, 0.2) is 30.3 Å². The van der Waals surface area contributed by atoms with Gasteiger partial charge in [-0.05, 0) is 5.56 Å². The number of sulfonamides is 1. The van der Waals surface area contributed by atoms with Crippen molar-refractivity contribution in [1.82, 2.24) is 14.7 Å². The third-order valence-electron chi connectivity index (χ3n) is 3.56. The number of aromatic nitrogens is 2. The Balaban J connectivity index is 2.13. The smallest absolute Gasteiger partial charge is 0.335 e. The molecule has 1 heterocycles. The Morgan fingerprint density at radius 1 is 1.07 bits per heavy atom. The SMILES string of the molecule is CCC(=O)c1ccccc1CS(=O)(=O)NC(=O)Nc1nc(OC)cc(OC)n1. The van der Waals surface area contributed by atoms with Crippen LogP contribution in [0.25, 0.3) is 0 Å². The van der Waals surface area contributed by atoms with E-state index in [9.17, 15) is 18.0 Å². The van der Waals surface area contributed by atoms with Crippen molar-refractivity contribution in [1.29, 1.82) is 0 Å². The van der Waals surface area contributed by atoms with Gasteiger partial charge in [-0.25, -0.2) is 17.9 Å². The molecule has 0 aliphatic heterocycles. The Hall–Kier alpha value is -3.21. The normalized spacial score (nSPS) is 10.8. The fraction of sp³-hybridized carbons (Fsp3) is 0.294. The average molecular weight is 408 g/mol. The Morgan fingerprint density at radius 2 is 1.68 bits per heavy atom.